The molecule has 0 radical (unpaired) electrons. The summed E-state index contributed by atoms with van der Waals surface area (Å²) in [5, 5.41) is 7.22. The second-order valence-corrected chi connectivity index (χ2v) is 7.22. The standard InChI is InChI=1S/C16H14ClFN2O5S/c1-9-2-4-11(7-13(9)18)20-15(21)8-25-16(22)10-3-5-12(17)14(6-10)26(19,23)24/h2-7H,8H2,1H3,(H,20,21)(H2,19,23,24). The maximum atomic E-state index is 13.4. The number of primary sulfonamides is 1. The Morgan fingerprint density at radius 3 is 2.54 bits per heavy atom. The van der Waals surface area contributed by atoms with E-state index in [2.05, 4.69) is 5.32 Å². The topological polar surface area (TPSA) is 116 Å². The molecule has 10 heteroatoms. The van der Waals surface area contributed by atoms with E-state index in [0.717, 1.165) is 12.1 Å². The molecule has 138 valence electrons. The Bertz CT molecular complexity index is 979. The lowest BCUT2D eigenvalue weighted by Crippen LogP contribution is -2.21. The minimum absolute atomic E-state index is 0.146. The molecule has 0 aliphatic carbocycles. The molecule has 0 fully saturated rings. The number of esters is 1. The zero-order valence-electron chi connectivity index (χ0n) is 13.5. The first kappa shape index (κ1) is 19.8. The van der Waals surface area contributed by atoms with Gasteiger partial charge in [0.15, 0.2) is 6.61 Å². The van der Waals surface area contributed by atoms with Crippen LogP contribution in [0.2, 0.25) is 5.02 Å². The van der Waals surface area contributed by atoms with Crippen LogP contribution in [-0.2, 0) is 19.6 Å². The van der Waals surface area contributed by atoms with Gasteiger partial charge in [-0.25, -0.2) is 22.7 Å². The molecule has 0 spiro atoms. The van der Waals surface area contributed by atoms with E-state index in [1.807, 2.05) is 0 Å². The highest BCUT2D eigenvalue weighted by Gasteiger charge is 2.18. The van der Waals surface area contributed by atoms with E-state index in [1.54, 1.807) is 6.92 Å². The first-order valence-electron chi connectivity index (χ1n) is 7.13. The third-order valence-corrected chi connectivity index (χ3v) is 4.66. The Hall–Kier alpha value is -2.49. The predicted molar refractivity (Wildman–Crippen MR) is 92.9 cm³/mol. The Morgan fingerprint density at radius 2 is 1.92 bits per heavy atom. The molecular weight excluding hydrogens is 387 g/mol. The summed E-state index contributed by atoms with van der Waals surface area (Å²) in [4.78, 5) is 23.3. The van der Waals surface area contributed by atoms with E-state index >= 15 is 0 Å². The first-order chi connectivity index (χ1) is 12.1. The lowest BCUT2D eigenvalue weighted by Gasteiger charge is -2.08. The van der Waals surface area contributed by atoms with Crippen LogP contribution in [0.3, 0.4) is 0 Å². The second-order valence-electron chi connectivity index (χ2n) is 5.28. The largest absolute Gasteiger partial charge is 0.452 e. The van der Waals surface area contributed by atoms with Crippen LogP contribution in [0.4, 0.5) is 10.1 Å². The number of nitrogens with two attached hydrogens (primary N) is 1. The van der Waals surface area contributed by atoms with Crippen molar-refractivity contribution < 1.29 is 27.1 Å². The molecule has 0 saturated carbocycles. The van der Waals surface area contributed by atoms with Crippen LogP contribution in [0.25, 0.3) is 0 Å². The summed E-state index contributed by atoms with van der Waals surface area (Å²) in [6.45, 7) is 0.923. The molecule has 0 heterocycles. The molecule has 7 nitrogen and oxygen atoms in total. The van der Waals surface area contributed by atoms with Crippen molar-refractivity contribution in [3.8, 4) is 0 Å². The van der Waals surface area contributed by atoms with Crippen LogP contribution in [-0.4, -0.2) is 26.9 Å². The Morgan fingerprint density at radius 1 is 1.23 bits per heavy atom. The molecule has 0 aromatic heterocycles. The maximum absolute atomic E-state index is 13.4. The van der Waals surface area contributed by atoms with Crippen molar-refractivity contribution in [2.45, 2.75) is 11.8 Å². The van der Waals surface area contributed by atoms with E-state index in [4.69, 9.17) is 21.5 Å². The fraction of sp³-hybridized carbons (Fsp3) is 0.125. The number of hydrogen-bond acceptors (Lipinski definition) is 5. The Balaban J connectivity index is 2.02. The summed E-state index contributed by atoms with van der Waals surface area (Å²) < 4.78 is 41.0. The second kappa shape index (κ2) is 7.81. The number of anilines is 1. The number of benzene rings is 2. The highest BCUT2D eigenvalue weighted by Crippen LogP contribution is 2.22. The molecule has 0 atom stereocenters. The van der Waals surface area contributed by atoms with Crippen LogP contribution >= 0.6 is 11.6 Å². The molecule has 2 aromatic carbocycles. The zero-order chi connectivity index (χ0) is 19.5. The number of hydrogen-bond donors (Lipinski definition) is 2. The molecule has 0 bridgehead atoms. The quantitative estimate of drug-likeness (QED) is 0.746. The number of nitrogens with one attached hydrogen (secondary N) is 1. The van der Waals surface area contributed by atoms with E-state index in [0.29, 0.717) is 5.56 Å². The normalized spacial score (nSPS) is 11.1. The summed E-state index contributed by atoms with van der Waals surface area (Å²) >= 11 is 5.72. The summed E-state index contributed by atoms with van der Waals surface area (Å²) in [5.74, 6) is -2.13. The van der Waals surface area contributed by atoms with Gasteiger partial charge in [-0.3, -0.25) is 4.79 Å². The number of amides is 1. The third-order valence-electron chi connectivity index (χ3n) is 3.26. The monoisotopic (exact) mass is 400 g/mol. The van der Waals surface area contributed by atoms with Gasteiger partial charge in [0.05, 0.1) is 10.6 Å². The summed E-state index contributed by atoms with van der Waals surface area (Å²) in [7, 11) is -4.12. The van der Waals surface area contributed by atoms with Crippen LogP contribution in [0.1, 0.15) is 15.9 Å². The van der Waals surface area contributed by atoms with Crippen molar-refractivity contribution in [1.82, 2.24) is 0 Å². The molecule has 2 rings (SSSR count). The third kappa shape index (κ3) is 5.01. The lowest BCUT2D eigenvalue weighted by atomic mass is 10.2. The fourth-order valence-corrected chi connectivity index (χ4v) is 3.00. The molecule has 0 aliphatic heterocycles. The average Bonchev–Trinajstić information content (AvgIpc) is 2.55. The summed E-state index contributed by atoms with van der Waals surface area (Å²) in [6.07, 6.45) is 0. The summed E-state index contributed by atoms with van der Waals surface area (Å²) in [5.41, 5.74) is 0.479. The molecule has 2 aromatic rings. The number of carbonyl (C=O) groups is 2. The van der Waals surface area contributed by atoms with Gasteiger partial charge in [0.1, 0.15) is 10.7 Å². The van der Waals surface area contributed by atoms with E-state index in [9.17, 15) is 22.4 Å². The van der Waals surface area contributed by atoms with E-state index in [1.165, 1.54) is 24.3 Å². The number of rotatable bonds is 5. The minimum atomic E-state index is -4.12. The van der Waals surface area contributed by atoms with E-state index < -0.39 is 39.2 Å². The minimum Gasteiger partial charge on any atom is -0.452 e. The van der Waals surface area contributed by atoms with Gasteiger partial charge in [-0.2, -0.15) is 0 Å². The van der Waals surface area contributed by atoms with Crippen LogP contribution in [0.5, 0.6) is 0 Å². The van der Waals surface area contributed by atoms with Crippen LogP contribution in [0.15, 0.2) is 41.3 Å². The molecule has 26 heavy (non-hydrogen) atoms. The molecule has 3 N–H and O–H groups in total. The van der Waals surface area contributed by atoms with Gasteiger partial charge in [0.25, 0.3) is 5.91 Å². The van der Waals surface area contributed by atoms with E-state index in [-0.39, 0.29) is 16.3 Å². The predicted octanol–water partition coefficient (Wildman–Crippen LogP) is 2.23. The molecular formula is C16H14ClFN2O5S. The maximum Gasteiger partial charge on any atom is 0.338 e. The molecule has 0 saturated heterocycles. The number of ether oxygens (including phenoxy) is 1. The first-order valence-corrected chi connectivity index (χ1v) is 9.06. The Kier molecular flexibility index (Phi) is 5.96. The number of sulfonamides is 1. The smallest absolute Gasteiger partial charge is 0.338 e. The van der Waals surface area contributed by atoms with Gasteiger partial charge in [0.2, 0.25) is 10.0 Å². The van der Waals surface area contributed by atoms with Crippen molar-refractivity contribution >= 4 is 39.2 Å². The SMILES string of the molecule is Cc1ccc(NC(=O)COC(=O)c2ccc(Cl)c(S(N)(=O)=O)c2)cc1F. The highest BCUT2D eigenvalue weighted by molar-refractivity contribution is 7.89. The van der Waals surface area contributed by atoms with Crippen molar-refractivity contribution in [1.29, 1.82) is 0 Å². The van der Waals surface area contributed by atoms with Gasteiger partial charge < -0.3 is 10.1 Å². The van der Waals surface area contributed by atoms with Gasteiger partial charge >= 0.3 is 5.97 Å². The van der Waals surface area contributed by atoms with Crippen molar-refractivity contribution in [2.24, 2.45) is 5.14 Å². The zero-order valence-corrected chi connectivity index (χ0v) is 15.0. The van der Waals surface area contributed by atoms with Gasteiger partial charge in [0, 0.05) is 5.69 Å². The van der Waals surface area contributed by atoms with Gasteiger partial charge in [-0.15, -0.1) is 0 Å². The average molecular weight is 401 g/mol. The number of aryl methyl sites for hydroxylation is 1. The lowest BCUT2D eigenvalue weighted by molar-refractivity contribution is -0.119. The van der Waals surface area contributed by atoms with Gasteiger partial charge in [-0.05, 0) is 42.8 Å². The fourth-order valence-electron chi connectivity index (χ4n) is 1.93. The van der Waals surface area contributed by atoms with Crippen molar-refractivity contribution in [3.63, 3.8) is 0 Å². The highest BCUT2D eigenvalue weighted by atomic mass is 35.5. The van der Waals surface area contributed by atoms with Crippen LogP contribution < -0.4 is 10.5 Å². The molecule has 0 aliphatic rings. The summed E-state index contributed by atoms with van der Waals surface area (Å²) in [6, 6.07) is 7.47. The van der Waals surface area contributed by atoms with Crippen molar-refractivity contribution in [2.75, 3.05) is 11.9 Å². The van der Waals surface area contributed by atoms with Gasteiger partial charge in [-0.1, -0.05) is 17.7 Å². The Labute approximate surface area is 154 Å². The molecule has 1 amide bonds. The number of halogens is 2. The number of carbonyl (C=O) groups excluding carboxylic acids is 2. The van der Waals surface area contributed by atoms with Crippen LogP contribution in [0, 0.1) is 12.7 Å². The van der Waals surface area contributed by atoms with Crippen molar-refractivity contribution in [3.05, 3.63) is 58.4 Å². The molecule has 0 unspecified atom stereocenters.